The van der Waals surface area contributed by atoms with Gasteiger partial charge in [0.2, 0.25) is 5.91 Å². The van der Waals surface area contributed by atoms with Crippen molar-refractivity contribution in [2.24, 2.45) is 5.92 Å². The van der Waals surface area contributed by atoms with E-state index in [0.717, 1.165) is 12.8 Å². The molecule has 2 amide bonds. The highest BCUT2D eigenvalue weighted by atomic mass is 16.6. The van der Waals surface area contributed by atoms with Crippen LogP contribution in [0.3, 0.4) is 0 Å². The van der Waals surface area contributed by atoms with E-state index in [1.807, 2.05) is 27.7 Å². The number of nitrogens with one attached hydrogen (secondary N) is 1. The summed E-state index contributed by atoms with van der Waals surface area (Å²) in [6.07, 6.45) is 1.81. The fourth-order valence-corrected chi connectivity index (χ4v) is 2.10. The first kappa shape index (κ1) is 16.8. The number of hydrogen-bond donors (Lipinski definition) is 1. The minimum Gasteiger partial charge on any atom is -0.444 e. The molecule has 1 fully saturated rings. The number of piperidine rings is 1. The molecule has 1 aliphatic heterocycles. The third kappa shape index (κ3) is 6.23. The summed E-state index contributed by atoms with van der Waals surface area (Å²) < 4.78 is 5.33. The molecule has 0 aromatic heterocycles. The van der Waals surface area contributed by atoms with Gasteiger partial charge >= 0.3 is 6.09 Å². The molecule has 0 unspecified atom stereocenters. The first-order valence-corrected chi connectivity index (χ1v) is 7.20. The Morgan fingerprint density at radius 1 is 1.25 bits per heavy atom. The maximum atomic E-state index is 11.9. The number of rotatable bonds is 4. The van der Waals surface area contributed by atoms with E-state index in [4.69, 9.17) is 9.57 Å². The van der Waals surface area contributed by atoms with E-state index in [-0.39, 0.29) is 12.0 Å². The highest BCUT2D eigenvalue weighted by molar-refractivity contribution is 5.75. The van der Waals surface area contributed by atoms with Crippen LogP contribution < -0.4 is 5.48 Å². The second-order valence-corrected chi connectivity index (χ2v) is 6.07. The highest BCUT2D eigenvalue weighted by Gasteiger charge is 2.27. The molecule has 0 aliphatic carbocycles. The van der Waals surface area contributed by atoms with Gasteiger partial charge in [0.05, 0.1) is 6.61 Å². The SMILES string of the molecule is CCONC(=O)CC1CCN(C(=O)OC(C)(C)C)CC1. The Hall–Kier alpha value is -1.30. The van der Waals surface area contributed by atoms with Crippen LogP contribution in [0.2, 0.25) is 0 Å². The van der Waals surface area contributed by atoms with E-state index >= 15 is 0 Å². The van der Waals surface area contributed by atoms with E-state index in [1.165, 1.54) is 0 Å². The lowest BCUT2D eigenvalue weighted by atomic mass is 9.93. The molecule has 20 heavy (non-hydrogen) atoms. The van der Waals surface area contributed by atoms with Gasteiger partial charge in [0.15, 0.2) is 0 Å². The fourth-order valence-electron chi connectivity index (χ4n) is 2.10. The van der Waals surface area contributed by atoms with E-state index in [2.05, 4.69) is 5.48 Å². The molecule has 0 atom stereocenters. The highest BCUT2D eigenvalue weighted by Crippen LogP contribution is 2.22. The number of nitrogens with zero attached hydrogens (tertiary/aromatic N) is 1. The summed E-state index contributed by atoms with van der Waals surface area (Å²) in [4.78, 5) is 30.0. The summed E-state index contributed by atoms with van der Waals surface area (Å²) in [7, 11) is 0. The molecule has 1 saturated heterocycles. The number of likely N-dealkylation sites (tertiary alicyclic amines) is 1. The Kier molecular flexibility index (Phi) is 6.26. The third-order valence-corrected chi connectivity index (χ3v) is 3.07. The maximum absolute atomic E-state index is 11.9. The summed E-state index contributed by atoms with van der Waals surface area (Å²) in [5.74, 6) is 0.205. The van der Waals surface area contributed by atoms with Crippen LogP contribution in [-0.4, -0.2) is 42.2 Å². The van der Waals surface area contributed by atoms with Gasteiger partial charge in [-0.15, -0.1) is 0 Å². The lowest BCUT2D eigenvalue weighted by molar-refractivity contribution is -0.134. The Bertz CT molecular complexity index is 331. The predicted octanol–water partition coefficient (Wildman–Crippen LogP) is 2.09. The number of carbonyl (C=O) groups is 2. The average Bonchev–Trinajstić information content (AvgIpc) is 2.35. The van der Waals surface area contributed by atoms with Crippen molar-refractivity contribution < 1.29 is 19.2 Å². The molecule has 0 bridgehead atoms. The molecule has 1 heterocycles. The van der Waals surface area contributed by atoms with Crippen molar-refractivity contribution >= 4 is 12.0 Å². The van der Waals surface area contributed by atoms with Gasteiger partial charge in [-0.3, -0.25) is 9.63 Å². The molecule has 6 heteroatoms. The van der Waals surface area contributed by atoms with Gasteiger partial charge in [0.1, 0.15) is 5.60 Å². The molecule has 6 nitrogen and oxygen atoms in total. The molecule has 0 radical (unpaired) electrons. The van der Waals surface area contributed by atoms with E-state index in [1.54, 1.807) is 4.90 Å². The van der Waals surface area contributed by atoms with Gasteiger partial charge in [-0.25, -0.2) is 10.3 Å². The number of hydrogen-bond acceptors (Lipinski definition) is 4. The first-order chi connectivity index (χ1) is 9.31. The Balaban J connectivity index is 2.29. The van der Waals surface area contributed by atoms with Crippen molar-refractivity contribution in [3.05, 3.63) is 0 Å². The second kappa shape index (κ2) is 7.47. The van der Waals surface area contributed by atoms with Crippen LogP contribution in [0.25, 0.3) is 0 Å². The summed E-state index contributed by atoms with van der Waals surface area (Å²) in [5, 5.41) is 0. The summed E-state index contributed by atoms with van der Waals surface area (Å²) in [6.45, 7) is 9.13. The van der Waals surface area contributed by atoms with Crippen LogP contribution in [0.5, 0.6) is 0 Å². The number of carbonyl (C=O) groups excluding carboxylic acids is 2. The molecule has 1 rings (SSSR count). The molecular formula is C14H26N2O4. The Labute approximate surface area is 120 Å². The standard InChI is InChI=1S/C14H26N2O4/c1-5-19-15-12(17)10-11-6-8-16(9-7-11)13(18)20-14(2,3)4/h11H,5-10H2,1-4H3,(H,15,17). The molecule has 1 aliphatic rings. The Morgan fingerprint density at radius 3 is 2.35 bits per heavy atom. The average molecular weight is 286 g/mol. The molecule has 116 valence electrons. The smallest absolute Gasteiger partial charge is 0.410 e. The van der Waals surface area contributed by atoms with Crippen LogP contribution in [0, 0.1) is 5.92 Å². The first-order valence-electron chi connectivity index (χ1n) is 7.20. The van der Waals surface area contributed by atoms with Crippen molar-refractivity contribution in [1.82, 2.24) is 10.4 Å². The van der Waals surface area contributed by atoms with Gasteiger partial charge in [0, 0.05) is 19.5 Å². The minimum atomic E-state index is -0.467. The number of ether oxygens (including phenoxy) is 1. The zero-order chi connectivity index (χ0) is 15.2. The van der Waals surface area contributed by atoms with Crippen molar-refractivity contribution in [2.75, 3.05) is 19.7 Å². The molecule has 1 N–H and O–H groups in total. The van der Waals surface area contributed by atoms with Crippen LogP contribution in [0.1, 0.15) is 47.0 Å². The Morgan fingerprint density at radius 2 is 1.85 bits per heavy atom. The zero-order valence-electron chi connectivity index (χ0n) is 12.9. The third-order valence-electron chi connectivity index (χ3n) is 3.07. The monoisotopic (exact) mass is 286 g/mol. The maximum Gasteiger partial charge on any atom is 0.410 e. The van der Waals surface area contributed by atoms with Crippen molar-refractivity contribution in [2.45, 2.75) is 52.6 Å². The van der Waals surface area contributed by atoms with Crippen molar-refractivity contribution in [3.8, 4) is 0 Å². The molecule has 0 saturated carbocycles. The van der Waals surface area contributed by atoms with Crippen LogP contribution in [0.15, 0.2) is 0 Å². The summed E-state index contributed by atoms with van der Waals surface area (Å²) in [5.41, 5.74) is 1.93. The van der Waals surface area contributed by atoms with E-state index in [0.29, 0.717) is 32.0 Å². The quantitative estimate of drug-likeness (QED) is 0.804. The summed E-state index contributed by atoms with van der Waals surface area (Å²) >= 11 is 0. The number of hydroxylamine groups is 1. The molecule has 0 spiro atoms. The normalized spacial score (nSPS) is 16.9. The lowest BCUT2D eigenvalue weighted by Crippen LogP contribution is -2.42. The van der Waals surface area contributed by atoms with Crippen LogP contribution in [-0.2, 0) is 14.4 Å². The van der Waals surface area contributed by atoms with Gasteiger partial charge in [-0.1, -0.05) is 0 Å². The summed E-state index contributed by atoms with van der Waals surface area (Å²) in [6, 6.07) is 0. The van der Waals surface area contributed by atoms with E-state index in [9.17, 15) is 9.59 Å². The molecular weight excluding hydrogens is 260 g/mol. The van der Waals surface area contributed by atoms with Gasteiger partial charge < -0.3 is 9.64 Å². The van der Waals surface area contributed by atoms with Crippen LogP contribution >= 0.6 is 0 Å². The predicted molar refractivity (Wildman–Crippen MR) is 74.9 cm³/mol. The zero-order valence-corrected chi connectivity index (χ0v) is 12.9. The lowest BCUT2D eigenvalue weighted by Gasteiger charge is -2.33. The second-order valence-electron chi connectivity index (χ2n) is 6.07. The fraction of sp³-hybridized carbons (Fsp3) is 0.857. The van der Waals surface area contributed by atoms with Gasteiger partial charge in [-0.05, 0) is 46.5 Å². The molecule has 0 aromatic carbocycles. The largest absolute Gasteiger partial charge is 0.444 e. The van der Waals surface area contributed by atoms with Crippen molar-refractivity contribution in [1.29, 1.82) is 0 Å². The van der Waals surface area contributed by atoms with E-state index < -0.39 is 5.60 Å². The van der Waals surface area contributed by atoms with Crippen molar-refractivity contribution in [3.63, 3.8) is 0 Å². The molecule has 0 aromatic rings. The minimum absolute atomic E-state index is 0.0948. The number of amides is 2. The topological polar surface area (TPSA) is 67.9 Å². The van der Waals surface area contributed by atoms with Gasteiger partial charge in [-0.2, -0.15) is 0 Å². The van der Waals surface area contributed by atoms with Crippen LogP contribution in [0.4, 0.5) is 4.79 Å². The van der Waals surface area contributed by atoms with Gasteiger partial charge in [0.25, 0.3) is 0 Å².